The molecule has 0 amide bonds. The Balaban J connectivity index is 0.000000515. The minimum atomic E-state index is -0.750. The number of phenolic OH excluding ortho intramolecular Hbond substituents is 1. The van der Waals surface area contributed by atoms with Crippen molar-refractivity contribution in [1.82, 2.24) is 9.97 Å². The summed E-state index contributed by atoms with van der Waals surface area (Å²) in [5.41, 5.74) is 4.73. The molecule has 0 radical (unpaired) electrons. The summed E-state index contributed by atoms with van der Waals surface area (Å²) in [4.78, 5) is 8.28. The third-order valence-corrected chi connectivity index (χ3v) is 4.90. The first-order valence-corrected chi connectivity index (χ1v) is 12.2. The van der Waals surface area contributed by atoms with Crippen molar-refractivity contribution in [3.8, 4) is 11.5 Å². The van der Waals surface area contributed by atoms with Gasteiger partial charge in [0.1, 0.15) is 11.3 Å². The van der Waals surface area contributed by atoms with Crippen molar-refractivity contribution < 1.29 is 57.8 Å². The second-order valence-electron chi connectivity index (χ2n) is 10.1. The predicted molar refractivity (Wildman–Crippen MR) is 143 cm³/mol. The van der Waals surface area contributed by atoms with Gasteiger partial charge in [-0.2, -0.15) is 0 Å². The fourth-order valence-electron chi connectivity index (χ4n) is 3.47. The quantitative estimate of drug-likeness (QED) is 0.322. The topological polar surface area (TPSA) is 101 Å². The largest absolute Gasteiger partial charge is 1.00 e. The molecule has 0 spiro atoms. The van der Waals surface area contributed by atoms with Gasteiger partial charge in [-0.25, -0.2) is 0 Å². The van der Waals surface area contributed by atoms with Crippen LogP contribution in [0.1, 0.15) is 55.9 Å². The molecular formula is C30H38Li2N2O4. The number of fused-ring (bicyclic) bond motifs is 2. The number of ether oxygens (including phenoxy) is 1. The van der Waals surface area contributed by atoms with E-state index in [1.807, 2.05) is 52.0 Å². The first-order valence-electron chi connectivity index (χ1n) is 12.2. The molecule has 0 atom stereocenters. The first-order chi connectivity index (χ1) is 16.8. The second kappa shape index (κ2) is 16.8. The van der Waals surface area contributed by atoms with Gasteiger partial charge in [0.15, 0.2) is 0 Å². The van der Waals surface area contributed by atoms with Crippen molar-refractivity contribution in [2.45, 2.75) is 66.9 Å². The number of aromatic nitrogens is 2. The summed E-state index contributed by atoms with van der Waals surface area (Å²) in [5.74, 6) is 0.269. The molecule has 2 aromatic carbocycles. The van der Waals surface area contributed by atoms with E-state index in [0.717, 1.165) is 46.2 Å². The van der Waals surface area contributed by atoms with Crippen LogP contribution in [-0.4, -0.2) is 33.9 Å². The molecule has 0 unspecified atom stereocenters. The van der Waals surface area contributed by atoms with E-state index < -0.39 is 5.60 Å². The van der Waals surface area contributed by atoms with Crippen LogP contribution in [0.15, 0.2) is 48.8 Å². The monoisotopic (exact) mass is 504 g/mol. The smallest absolute Gasteiger partial charge is 0.871 e. The van der Waals surface area contributed by atoms with Gasteiger partial charge in [-0.1, -0.05) is 38.2 Å². The van der Waals surface area contributed by atoms with Crippen LogP contribution in [0.25, 0.3) is 21.8 Å². The van der Waals surface area contributed by atoms with Gasteiger partial charge >= 0.3 is 37.7 Å². The van der Waals surface area contributed by atoms with Gasteiger partial charge in [-0.15, -0.1) is 5.60 Å². The van der Waals surface area contributed by atoms with Crippen molar-refractivity contribution >= 4 is 21.8 Å². The van der Waals surface area contributed by atoms with Crippen LogP contribution >= 0.6 is 0 Å². The van der Waals surface area contributed by atoms with E-state index in [9.17, 15) is 15.3 Å². The summed E-state index contributed by atoms with van der Waals surface area (Å²) in [6.07, 6.45) is 6.04. The molecule has 8 heteroatoms. The van der Waals surface area contributed by atoms with E-state index in [1.165, 1.54) is 12.8 Å². The van der Waals surface area contributed by atoms with Gasteiger partial charge in [-0.3, -0.25) is 9.97 Å². The van der Waals surface area contributed by atoms with Crippen LogP contribution < -0.4 is 47.9 Å². The molecule has 1 aliphatic rings. The van der Waals surface area contributed by atoms with E-state index in [1.54, 1.807) is 45.3 Å². The molecule has 194 valence electrons. The molecule has 1 N–H and O–H groups in total. The summed E-state index contributed by atoms with van der Waals surface area (Å²) in [6, 6.07) is 11.4. The summed E-state index contributed by atoms with van der Waals surface area (Å²) in [7, 11) is 0. The maximum absolute atomic E-state index is 11.4. The van der Waals surface area contributed by atoms with Gasteiger partial charge in [-0.05, 0) is 87.6 Å². The molecular weight excluding hydrogens is 466 g/mol. The van der Waals surface area contributed by atoms with Crippen LogP contribution in [0, 0.1) is 27.7 Å². The molecule has 1 aliphatic heterocycles. The van der Waals surface area contributed by atoms with Crippen molar-refractivity contribution in [3.05, 3.63) is 71.0 Å². The zero-order valence-electron chi connectivity index (χ0n) is 24.5. The number of nitrogens with zero attached hydrogens (tertiary/aromatic N) is 2. The minimum absolute atomic E-state index is 0. The fraction of sp³-hybridized carbons (Fsp3) is 0.400. The Labute approximate surface area is 251 Å². The van der Waals surface area contributed by atoms with Crippen molar-refractivity contribution in [1.29, 1.82) is 0 Å². The molecule has 1 fully saturated rings. The Morgan fingerprint density at radius 2 is 1.11 bits per heavy atom. The Kier molecular flexibility index (Phi) is 15.9. The van der Waals surface area contributed by atoms with E-state index in [-0.39, 0.29) is 49.2 Å². The molecule has 1 saturated heterocycles. The molecule has 5 rings (SSSR count). The summed E-state index contributed by atoms with van der Waals surface area (Å²) in [6.45, 7) is 14.7. The minimum Gasteiger partial charge on any atom is -0.871 e. The van der Waals surface area contributed by atoms with Gasteiger partial charge in [0.25, 0.3) is 0 Å². The molecule has 0 bridgehead atoms. The normalized spacial score (nSPS) is 12.0. The maximum Gasteiger partial charge on any atom is 1.00 e. The number of rotatable bonds is 0. The zero-order chi connectivity index (χ0) is 26.9. The van der Waals surface area contributed by atoms with Crippen molar-refractivity contribution in [2.24, 2.45) is 0 Å². The molecule has 2 aromatic heterocycles. The predicted octanol–water partition coefficient (Wildman–Crippen LogP) is -0.568. The Hall–Kier alpha value is -2.03. The first kappa shape index (κ1) is 36.0. The third kappa shape index (κ3) is 13.2. The number of aryl methyl sites for hydroxylation is 4. The Bertz CT molecular complexity index is 1170. The van der Waals surface area contributed by atoms with Crippen LogP contribution in [0.2, 0.25) is 0 Å². The Morgan fingerprint density at radius 3 is 1.55 bits per heavy atom. The number of hydrogen-bond acceptors (Lipinski definition) is 6. The Morgan fingerprint density at radius 1 is 0.711 bits per heavy atom. The molecule has 4 aromatic rings. The summed E-state index contributed by atoms with van der Waals surface area (Å²) in [5, 5.41) is 33.1. The van der Waals surface area contributed by atoms with E-state index in [0.29, 0.717) is 11.0 Å². The van der Waals surface area contributed by atoms with Crippen LogP contribution in [0.3, 0.4) is 0 Å². The van der Waals surface area contributed by atoms with Crippen molar-refractivity contribution in [3.63, 3.8) is 0 Å². The van der Waals surface area contributed by atoms with Crippen LogP contribution in [0.5, 0.6) is 11.5 Å². The average molecular weight is 505 g/mol. The SMILES string of the molecule is C1CCOC1.CC(C)(C)[O-].Cc1cnc2c(O)cc(C)cc2c1.Cc1cnc2c([O-])cc(C)cc2c1.[Li+].[Li+]. The zero-order valence-corrected chi connectivity index (χ0v) is 24.5. The third-order valence-electron chi connectivity index (χ3n) is 4.90. The second-order valence-corrected chi connectivity index (χ2v) is 10.1. The molecule has 3 heterocycles. The summed E-state index contributed by atoms with van der Waals surface area (Å²) >= 11 is 0. The average Bonchev–Trinajstić information content (AvgIpc) is 3.32. The van der Waals surface area contributed by atoms with Gasteiger partial charge in [0, 0.05) is 36.4 Å². The molecule has 0 aliphatic carbocycles. The summed E-state index contributed by atoms with van der Waals surface area (Å²) < 4.78 is 4.94. The van der Waals surface area contributed by atoms with Crippen LogP contribution in [0.4, 0.5) is 0 Å². The number of hydrogen-bond donors (Lipinski definition) is 1. The van der Waals surface area contributed by atoms with Gasteiger partial charge in [0.2, 0.25) is 0 Å². The number of aromatic hydroxyl groups is 1. The number of benzene rings is 2. The number of pyridine rings is 2. The molecule has 6 nitrogen and oxygen atoms in total. The van der Waals surface area contributed by atoms with E-state index in [2.05, 4.69) is 9.97 Å². The number of phenols is 1. The van der Waals surface area contributed by atoms with Crippen LogP contribution in [-0.2, 0) is 4.74 Å². The molecule has 0 saturated carbocycles. The molecule has 38 heavy (non-hydrogen) atoms. The van der Waals surface area contributed by atoms with E-state index >= 15 is 0 Å². The fourth-order valence-corrected chi connectivity index (χ4v) is 3.47. The standard InChI is InChI=1S/2C11H11NO.C4H8O.C4H9O.2Li/c2*1-7-3-9-4-8(2)6-12-11(9)10(13)5-7;1-2-4-5-3-1;1-4(2,3)5;;/h2*3-6,13H,1-2H3;1-4H2;1-3H3;;/q;;;-1;2*+1/p-1. The van der Waals surface area contributed by atoms with Gasteiger partial charge in [0.05, 0.1) is 5.52 Å². The van der Waals surface area contributed by atoms with Crippen molar-refractivity contribution in [2.75, 3.05) is 13.2 Å². The van der Waals surface area contributed by atoms with E-state index in [4.69, 9.17) is 4.74 Å². The van der Waals surface area contributed by atoms with Gasteiger partial charge < -0.3 is 20.1 Å². The maximum atomic E-state index is 11.4.